The van der Waals surface area contributed by atoms with Crippen LogP contribution in [-0.2, 0) is 13.5 Å². The molecule has 0 aliphatic heterocycles. The Hall–Kier alpha value is -1.52. The SMILES string of the molecule is CCC1(CNC(=O)NCCCc2cnn(C)c2)CCCC1. The van der Waals surface area contributed by atoms with Crippen LogP contribution in [0, 0.1) is 5.41 Å². The number of hydrogen-bond donors (Lipinski definition) is 2. The number of nitrogens with one attached hydrogen (secondary N) is 2. The molecule has 21 heavy (non-hydrogen) atoms. The van der Waals surface area contributed by atoms with E-state index >= 15 is 0 Å². The van der Waals surface area contributed by atoms with Gasteiger partial charge in [0.05, 0.1) is 6.20 Å². The van der Waals surface area contributed by atoms with Gasteiger partial charge in [0.15, 0.2) is 0 Å². The lowest BCUT2D eigenvalue weighted by Gasteiger charge is -2.27. The molecule has 2 amide bonds. The number of nitrogens with zero attached hydrogens (tertiary/aromatic N) is 2. The highest BCUT2D eigenvalue weighted by Crippen LogP contribution is 2.40. The molecule has 2 N–H and O–H groups in total. The predicted octanol–water partition coefficient (Wildman–Crippen LogP) is 2.62. The first-order chi connectivity index (χ1) is 10.1. The van der Waals surface area contributed by atoms with Crippen molar-refractivity contribution in [1.29, 1.82) is 0 Å². The zero-order chi connectivity index (χ0) is 15.1. The first-order valence-electron chi connectivity index (χ1n) is 8.13. The summed E-state index contributed by atoms with van der Waals surface area (Å²) in [7, 11) is 1.92. The molecular formula is C16H28N4O. The largest absolute Gasteiger partial charge is 0.338 e. The number of carbonyl (C=O) groups excluding carboxylic acids is 1. The zero-order valence-electron chi connectivity index (χ0n) is 13.3. The molecule has 0 radical (unpaired) electrons. The first kappa shape index (κ1) is 15.9. The van der Waals surface area contributed by atoms with Gasteiger partial charge in [-0.3, -0.25) is 4.68 Å². The van der Waals surface area contributed by atoms with E-state index in [1.54, 1.807) is 4.68 Å². The van der Waals surface area contributed by atoms with Crippen LogP contribution in [0.3, 0.4) is 0 Å². The highest BCUT2D eigenvalue weighted by Gasteiger charge is 2.32. The summed E-state index contributed by atoms with van der Waals surface area (Å²) in [6, 6.07) is -0.0269. The molecule has 1 aromatic rings. The molecule has 1 aliphatic rings. The molecule has 0 spiro atoms. The molecule has 0 aromatic carbocycles. The van der Waals surface area contributed by atoms with E-state index in [0.29, 0.717) is 12.0 Å². The average molecular weight is 292 g/mol. The number of aromatic nitrogens is 2. The van der Waals surface area contributed by atoms with Crippen molar-refractivity contribution < 1.29 is 4.79 Å². The first-order valence-corrected chi connectivity index (χ1v) is 8.13. The highest BCUT2D eigenvalue weighted by atomic mass is 16.2. The van der Waals surface area contributed by atoms with Crippen molar-refractivity contribution >= 4 is 6.03 Å². The second kappa shape index (κ2) is 7.48. The van der Waals surface area contributed by atoms with Gasteiger partial charge in [0, 0.05) is 26.3 Å². The molecule has 1 aromatic heterocycles. The standard InChI is InChI=1S/C16H28N4O/c1-3-16(8-4-5-9-16)13-18-15(21)17-10-6-7-14-11-19-20(2)12-14/h11-12H,3-10,13H2,1-2H3,(H2,17,18,21). The average Bonchev–Trinajstić information content (AvgIpc) is 3.11. The van der Waals surface area contributed by atoms with E-state index in [4.69, 9.17) is 0 Å². The van der Waals surface area contributed by atoms with Crippen LogP contribution in [-0.4, -0.2) is 28.9 Å². The molecule has 118 valence electrons. The minimum absolute atomic E-state index is 0.0269. The van der Waals surface area contributed by atoms with Crippen LogP contribution in [0.15, 0.2) is 12.4 Å². The molecule has 1 saturated carbocycles. The summed E-state index contributed by atoms with van der Waals surface area (Å²) >= 11 is 0. The Labute approximate surface area is 127 Å². The lowest BCUT2D eigenvalue weighted by molar-refractivity contribution is 0.225. The summed E-state index contributed by atoms with van der Waals surface area (Å²) < 4.78 is 1.81. The fourth-order valence-corrected chi connectivity index (χ4v) is 3.21. The Morgan fingerprint density at radius 3 is 2.76 bits per heavy atom. The van der Waals surface area contributed by atoms with Crippen molar-refractivity contribution in [2.75, 3.05) is 13.1 Å². The zero-order valence-corrected chi connectivity index (χ0v) is 13.3. The Bertz CT molecular complexity index is 449. The summed E-state index contributed by atoms with van der Waals surface area (Å²) in [4.78, 5) is 11.8. The maximum Gasteiger partial charge on any atom is 0.314 e. The molecule has 5 heteroatoms. The van der Waals surface area contributed by atoms with Crippen LogP contribution in [0.5, 0.6) is 0 Å². The summed E-state index contributed by atoms with van der Waals surface area (Å²) in [5.74, 6) is 0. The van der Waals surface area contributed by atoms with Crippen LogP contribution >= 0.6 is 0 Å². The van der Waals surface area contributed by atoms with Crippen LogP contribution in [0.25, 0.3) is 0 Å². The van der Waals surface area contributed by atoms with E-state index in [9.17, 15) is 4.79 Å². The van der Waals surface area contributed by atoms with Crippen molar-refractivity contribution in [2.45, 2.75) is 51.9 Å². The molecule has 0 bridgehead atoms. The number of urea groups is 1. The van der Waals surface area contributed by atoms with E-state index in [2.05, 4.69) is 22.7 Å². The summed E-state index contributed by atoms with van der Waals surface area (Å²) in [6.07, 6.45) is 12.1. The normalized spacial score (nSPS) is 16.9. The van der Waals surface area contributed by atoms with Gasteiger partial charge in [-0.2, -0.15) is 5.10 Å². The predicted molar refractivity (Wildman–Crippen MR) is 84.1 cm³/mol. The summed E-state index contributed by atoms with van der Waals surface area (Å²) in [5.41, 5.74) is 1.57. The molecule has 5 nitrogen and oxygen atoms in total. The van der Waals surface area contributed by atoms with Gasteiger partial charge in [0.2, 0.25) is 0 Å². The quantitative estimate of drug-likeness (QED) is 0.759. The van der Waals surface area contributed by atoms with Crippen LogP contribution in [0.1, 0.15) is 51.0 Å². The molecule has 1 fully saturated rings. The third-order valence-electron chi connectivity index (χ3n) is 4.72. The van der Waals surface area contributed by atoms with Gasteiger partial charge in [-0.25, -0.2) is 4.79 Å². The third kappa shape index (κ3) is 4.76. The van der Waals surface area contributed by atoms with E-state index in [1.165, 1.54) is 31.2 Å². The van der Waals surface area contributed by atoms with Crippen LogP contribution in [0.2, 0.25) is 0 Å². The third-order valence-corrected chi connectivity index (χ3v) is 4.72. The van der Waals surface area contributed by atoms with Crippen LogP contribution in [0.4, 0.5) is 4.79 Å². The summed E-state index contributed by atoms with van der Waals surface area (Å²) in [6.45, 7) is 3.76. The number of rotatable bonds is 7. The monoisotopic (exact) mass is 292 g/mol. The Morgan fingerprint density at radius 2 is 2.14 bits per heavy atom. The Kier molecular flexibility index (Phi) is 5.65. The lowest BCUT2D eigenvalue weighted by Crippen LogP contribution is -2.42. The highest BCUT2D eigenvalue weighted by molar-refractivity contribution is 5.73. The van der Waals surface area contributed by atoms with Crippen molar-refractivity contribution in [3.63, 3.8) is 0 Å². The molecule has 2 rings (SSSR count). The topological polar surface area (TPSA) is 59.0 Å². The van der Waals surface area contributed by atoms with Gasteiger partial charge in [-0.1, -0.05) is 19.8 Å². The maximum atomic E-state index is 11.8. The van der Waals surface area contributed by atoms with Gasteiger partial charge >= 0.3 is 6.03 Å². The van der Waals surface area contributed by atoms with Gasteiger partial charge in [-0.15, -0.1) is 0 Å². The van der Waals surface area contributed by atoms with Crippen LogP contribution < -0.4 is 10.6 Å². The van der Waals surface area contributed by atoms with Crippen molar-refractivity contribution in [3.05, 3.63) is 18.0 Å². The molecule has 0 saturated heterocycles. The Morgan fingerprint density at radius 1 is 1.38 bits per heavy atom. The van der Waals surface area contributed by atoms with E-state index in [1.807, 2.05) is 19.4 Å². The number of aryl methyl sites for hydroxylation is 2. The molecule has 0 unspecified atom stereocenters. The van der Waals surface area contributed by atoms with Crippen molar-refractivity contribution in [2.24, 2.45) is 12.5 Å². The lowest BCUT2D eigenvalue weighted by atomic mass is 9.83. The maximum absolute atomic E-state index is 11.8. The number of amides is 2. The molecule has 1 aliphatic carbocycles. The van der Waals surface area contributed by atoms with Crippen molar-refractivity contribution in [1.82, 2.24) is 20.4 Å². The Balaban J connectivity index is 1.59. The van der Waals surface area contributed by atoms with Gasteiger partial charge in [-0.05, 0) is 43.1 Å². The summed E-state index contributed by atoms with van der Waals surface area (Å²) in [5, 5.41) is 10.1. The number of hydrogen-bond acceptors (Lipinski definition) is 2. The minimum Gasteiger partial charge on any atom is -0.338 e. The smallest absolute Gasteiger partial charge is 0.314 e. The van der Waals surface area contributed by atoms with Crippen molar-refractivity contribution in [3.8, 4) is 0 Å². The van der Waals surface area contributed by atoms with E-state index in [0.717, 1.165) is 25.8 Å². The van der Waals surface area contributed by atoms with Gasteiger partial charge in [0.25, 0.3) is 0 Å². The fourth-order valence-electron chi connectivity index (χ4n) is 3.21. The fraction of sp³-hybridized carbons (Fsp3) is 0.750. The van der Waals surface area contributed by atoms with Gasteiger partial charge < -0.3 is 10.6 Å². The second-order valence-electron chi connectivity index (χ2n) is 6.30. The molecular weight excluding hydrogens is 264 g/mol. The van der Waals surface area contributed by atoms with Gasteiger partial charge in [0.1, 0.15) is 0 Å². The van der Waals surface area contributed by atoms with E-state index < -0.39 is 0 Å². The molecule has 1 heterocycles. The molecule has 0 atom stereocenters. The minimum atomic E-state index is -0.0269. The second-order valence-corrected chi connectivity index (χ2v) is 6.30. The number of carbonyl (C=O) groups is 1. The van der Waals surface area contributed by atoms with E-state index in [-0.39, 0.29) is 6.03 Å².